The second-order valence-electron chi connectivity index (χ2n) is 8.12. The van der Waals surface area contributed by atoms with E-state index in [4.69, 9.17) is 0 Å². The molecule has 1 heterocycles. The first-order valence-electron chi connectivity index (χ1n) is 10.9. The van der Waals surface area contributed by atoms with E-state index in [0.717, 1.165) is 49.5 Å². The lowest BCUT2D eigenvalue weighted by Crippen LogP contribution is -2.38. The van der Waals surface area contributed by atoms with Gasteiger partial charge in [0.15, 0.2) is 10.6 Å². The molecule has 0 N–H and O–H groups in total. The lowest BCUT2D eigenvalue weighted by molar-refractivity contribution is 0.0997. The molecule has 1 saturated carbocycles. The molecule has 176 valence electrons. The molecule has 1 aliphatic rings. The molecule has 0 saturated heterocycles. The van der Waals surface area contributed by atoms with Gasteiger partial charge < -0.3 is 4.57 Å². The number of aryl methyl sites for hydroxylation is 1. The van der Waals surface area contributed by atoms with Crippen molar-refractivity contribution in [1.82, 2.24) is 8.87 Å². The molecule has 1 amide bonds. The van der Waals surface area contributed by atoms with Crippen LogP contribution in [0.3, 0.4) is 0 Å². The van der Waals surface area contributed by atoms with Gasteiger partial charge in [0.05, 0.1) is 15.1 Å². The second kappa shape index (κ2) is 9.44. The number of halogens is 2. The number of carbonyl (C=O) groups excluding carboxylic acids is 1. The van der Waals surface area contributed by atoms with Crippen molar-refractivity contribution < 1.29 is 22.0 Å². The first-order valence-corrected chi connectivity index (χ1v) is 13.1. The molecule has 10 heteroatoms. The minimum absolute atomic E-state index is 0.0114. The molecule has 0 spiro atoms. The Hall–Kier alpha value is -2.43. The Labute approximate surface area is 195 Å². The fraction of sp³-hybridized carbons (Fsp3) is 0.391. The van der Waals surface area contributed by atoms with E-state index in [2.05, 4.69) is 4.99 Å². The van der Waals surface area contributed by atoms with E-state index in [1.54, 1.807) is 14.0 Å². The van der Waals surface area contributed by atoms with E-state index in [1.165, 1.54) is 39.2 Å². The van der Waals surface area contributed by atoms with Crippen LogP contribution in [0.4, 0.5) is 8.78 Å². The summed E-state index contributed by atoms with van der Waals surface area (Å²) in [4.78, 5) is 17.2. The van der Waals surface area contributed by atoms with Gasteiger partial charge in [0, 0.05) is 31.3 Å². The Bertz CT molecular complexity index is 1360. The maximum Gasteiger partial charge on any atom is 0.279 e. The largest absolute Gasteiger partial charge is 0.314 e. The van der Waals surface area contributed by atoms with E-state index >= 15 is 0 Å². The number of hydrogen-bond acceptors (Lipinski definition) is 4. The van der Waals surface area contributed by atoms with E-state index in [-0.39, 0.29) is 26.8 Å². The third-order valence-corrected chi connectivity index (χ3v) is 9.03. The number of hydrogen-bond donors (Lipinski definition) is 0. The zero-order chi connectivity index (χ0) is 23.8. The van der Waals surface area contributed by atoms with Crippen molar-refractivity contribution in [3.63, 3.8) is 0 Å². The minimum Gasteiger partial charge on any atom is -0.314 e. The number of sulfonamides is 1. The summed E-state index contributed by atoms with van der Waals surface area (Å²) in [6.07, 6.45) is 4.87. The van der Waals surface area contributed by atoms with Crippen LogP contribution in [0, 0.1) is 11.6 Å². The van der Waals surface area contributed by atoms with Gasteiger partial charge in [0.2, 0.25) is 10.0 Å². The van der Waals surface area contributed by atoms with Gasteiger partial charge >= 0.3 is 0 Å². The molecule has 1 fully saturated rings. The van der Waals surface area contributed by atoms with Crippen molar-refractivity contribution in [1.29, 1.82) is 0 Å². The van der Waals surface area contributed by atoms with Crippen molar-refractivity contribution in [2.24, 2.45) is 4.99 Å². The van der Waals surface area contributed by atoms with E-state index < -0.39 is 27.6 Å². The highest BCUT2D eigenvalue weighted by atomic mass is 32.2. The normalized spacial score (nSPS) is 16.1. The Balaban J connectivity index is 1.63. The lowest BCUT2D eigenvalue weighted by Gasteiger charge is -2.30. The summed E-state index contributed by atoms with van der Waals surface area (Å²) in [7, 11) is -2.06. The van der Waals surface area contributed by atoms with Crippen molar-refractivity contribution in [2.45, 2.75) is 56.5 Å². The molecule has 0 unspecified atom stereocenters. The smallest absolute Gasteiger partial charge is 0.279 e. The van der Waals surface area contributed by atoms with E-state index in [1.807, 2.05) is 0 Å². The highest BCUT2D eigenvalue weighted by Crippen LogP contribution is 2.27. The zero-order valence-corrected chi connectivity index (χ0v) is 20.1. The number of fused-ring (bicyclic) bond motifs is 1. The summed E-state index contributed by atoms with van der Waals surface area (Å²) in [6, 6.07) is 7.67. The standard InChI is InChI=1S/C23H25F2N3O3S2/c1-3-28-21-19(25)13-16(24)14-20(21)32-23(28)26-22(29)15-9-11-18(12-10-15)33(30,31)27(2)17-7-5-4-6-8-17/h9-14,17H,3-8H2,1-2H3. The van der Waals surface area contributed by atoms with Gasteiger partial charge in [-0.2, -0.15) is 9.30 Å². The van der Waals surface area contributed by atoms with Gasteiger partial charge in [0.1, 0.15) is 5.82 Å². The van der Waals surface area contributed by atoms with Crippen LogP contribution in [0.1, 0.15) is 49.4 Å². The fourth-order valence-corrected chi connectivity index (χ4v) is 6.78. The SMILES string of the molecule is CCn1c(=NC(=O)c2ccc(S(=O)(=O)N(C)C3CCCCC3)cc2)sc2cc(F)cc(F)c21. The Morgan fingerprint density at radius 3 is 2.45 bits per heavy atom. The molecular formula is C23H25F2N3O3S2. The maximum absolute atomic E-state index is 14.3. The van der Waals surface area contributed by atoms with Gasteiger partial charge in [0.25, 0.3) is 5.91 Å². The Morgan fingerprint density at radius 1 is 1.15 bits per heavy atom. The number of rotatable bonds is 5. The molecule has 1 aliphatic carbocycles. The van der Waals surface area contributed by atoms with Crippen molar-refractivity contribution in [3.05, 3.63) is 58.4 Å². The number of thiazole rings is 1. The molecule has 0 bridgehead atoms. The molecule has 1 aromatic heterocycles. The van der Waals surface area contributed by atoms with Crippen LogP contribution >= 0.6 is 11.3 Å². The summed E-state index contributed by atoms with van der Waals surface area (Å²) in [6.45, 7) is 2.13. The molecule has 0 atom stereocenters. The first-order chi connectivity index (χ1) is 15.7. The predicted molar refractivity (Wildman–Crippen MR) is 124 cm³/mol. The highest BCUT2D eigenvalue weighted by Gasteiger charge is 2.29. The van der Waals surface area contributed by atoms with Gasteiger partial charge in [-0.05, 0) is 50.1 Å². The van der Waals surface area contributed by atoms with Crippen molar-refractivity contribution in [2.75, 3.05) is 7.05 Å². The molecule has 0 radical (unpaired) electrons. The molecule has 3 aromatic rings. The number of benzene rings is 2. The number of carbonyl (C=O) groups is 1. The van der Waals surface area contributed by atoms with Gasteiger partial charge in [-0.25, -0.2) is 17.2 Å². The van der Waals surface area contributed by atoms with Crippen LogP contribution in [0.2, 0.25) is 0 Å². The quantitative estimate of drug-likeness (QED) is 0.518. The third-order valence-electron chi connectivity index (χ3n) is 6.08. The zero-order valence-electron chi connectivity index (χ0n) is 18.4. The van der Waals surface area contributed by atoms with Crippen molar-refractivity contribution in [3.8, 4) is 0 Å². The minimum atomic E-state index is -3.66. The van der Waals surface area contributed by atoms with E-state index in [0.29, 0.717) is 11.2 Å². The van der Waals surface area contributed by atoms with Crippen LogP contribution in [-0.4, -0.2) is 36.3 Å². The van der Waals surface area contributed by atoms with Gasteiger partial charge in [-0.3, -0.25) is 4.79 Å². The van der Waals surface area contributed by atoms with Crippen molar-refractivity contribution >= 4 is 37.5 Å². The monoisotopic (exact) mass is 493 g/mol. The Morgan fingerprint density at radius 2 is 1.82 bits per heavy atom. The van der Waals surface area contributed by atoms with Crippen LogP contribution in [0.5, 0.6) is 0 Å². The summed E-state index contributed by atoms with van der Waals surface area (Å²) in [5.41, 5.74) is 0.406. The van der Waals surface area contributed by atoms with Crippen LogP contribution in [-0.2, 0) is 16.6 Å². The third kappa shape index (κ3) is 4.64. The summed E-state index contributed by atoms with van der Waals surface area (Å²) in [5.74, 6) is -2.00. The number of amides is 1. The number of nitrogens with zero attached hydrogens (tertiary/aromatic N) is 3. The molecule has 0 aliphatic heterocycles. The average molecular weight is 494 g/mol. The van der Waals surface area contributed by atoms with Crippen LogP contribution in [0.25, 0.3) is 10.2 Å². The summed E-state index contributed by atoms with van der Waals surface area (Å²) in [5, 5.41) is 0. The number of aromatic nitrogens is 1. The topological polar surface area (TPSA) is 71.7 Å². The average Bonchev–Trinajstić information content (AvgIpc) is 3.16. The summed E-state index contributed by atoms with van der Waals surface area (Å²) < 4.78 is 57.2. The van der Waals surface area contributed by atoms with E-state index in [9.17, 15) is 22.0 Å². The molecule has 4 rings (SSSR count). The molecule has 6 nitrogen and oxygen atoms in total. The highest BCUT2D eigenvalue weighted by molar-refractivity contribution is 7.89. The molecular weight excluding hydrogens is 468 g/mol. The molecule has 2 aromatic carbocycles. The fourth-order valence-electron chi connectivity index (χ4n) is 4.24. The lowest BCUT2D eigenvalue weighted by atomic mass is 9.96. The first kappa shape index (κ1) is 23.7. The summed E-state index contributed by atoms with van der Waals surface area (Å²) >= 11 is 1.02. The van der Waals surface area contributed by atoms with Gasteiger partial charge in [-0.15, -0.1) is 0 Å². The van der Waals surface area contributed by atoms with Crippen LogP contribution < -0.4 is 4.80 Å². The Kier molecular flexibility index (Phi) is 6.78. The maximum atomic E-state index is 14.3. The molecule has 33 heavy (non-hydrogen) atoms. The predicted octanol–water partition coefficient (Wildman–Crippen LogP) is 4.70. The van der Waals surface area contributed by atoms with Crippen LogP contribution in [0.15, 0.2) is 46.3 Å². The second-order valence-corrected chi connectivity index (χ2v) is 11.1. The van der Waals surface area contributed by atoms with Gasteiger partial charge in [-0.1, -0.05) is 30.6 Å².